The summed E-state index contributed by atoms with van der Waals surface area (Å²) in [7, 11) is 0. The Morgan fingerprint density at radius 1 is 1.26 bits per heavy atom. The van der Waals surface area contributed by atoms with E-state index in [-0.39, 0.29) is 22.4 Å². The van der Waals surface area contributed by atoms with Crippen LogP contribution in [0.15, 0.2) is 41.3 Å². The molecule has 1 heterocycles. The van der Waals surface area contributed by atoms with E-state index in [0.717, 1.165) is 12.1 Å². The van der Waals surface area contributed by atoms with E-state index in [0.29, 0.717) is 0 Å². The van der Waals surface area contributed by atoms with Crippen molar-refractivity contribution >= 4 is 11.6 Å². The van der Waals surface area contributed by atoms with Gasteiger partial charge in [0.2, 0.25) is 5.56 Å². The normalized spacial score (nSPS) is 12.7. The van der Waals surface area contributed by atoms with E-state index in [4.69, 9.17) is 5.73 Å². The van der Waals surface area contributed by atoms with Crippen molar-refractivity contribution in [3.8, 4) is 0 Å². The molecule has 0 spiro atoms. The summed E-state index contributed by atoms with van der Waals surface area (Å²) in [6, 6.07) is 4.95. The summed E-state index contributed by atoms with van der Waals surface area (Å²) in [5.41, 5.74) is 4.64. The number of hydrogen-bond acceptors (Lipinski definition) is 3. The Hall–Kier alpha value is -2.77. The zero-order valence-corrected chi connectivity index (χ0v) is 12.1. The first kappa shape index (κ1) is 16.6. The van der Waals surface area contributed by atoms with Gasteiger partial charge in [0.1, 0.15) is 0 Å². The predicted octanol–water partition coefficient (Wildman–Crippen LogP) is 2.47. The average molecular weight is 325 g/mol. The first-order valence-corrected chi connectivity index (χ1v) is 6.64. The molecule has 0 aliphatic carbocycles. The van der Waals surface area contributed by atoms with Crippen LogP contribution < -0.4 is 16.6 Å². The average Bonchev–Trinajstić information content (AvgIpc) is 2.46. The number of hydrogen-bond donors (Lipinski definition) is 3. The maximum absolute atomic E-state index is 12.8. The molecule has 0 aliphatic heterocycles. The lowest BCUT2D eigenvalue weighted by Gasteiger charge is -2.17. The van der Waals surface area contributed by atoms with Crippen molar-refractivity contribution in [1.82, 2.24) is 10.3 Å². The minimum atomic E-state index is -4.52. The second kappa shape index (κ2) is 6.15. The number of alkyl halides is 3. The molecule has 2 rings (SSSR count). The number of aromatic nitrogens is 1. The lowest BCUT2D eigenvalue weighted by Crippen LogP contribution is -2.27. The molecule has 5 nitrogen and oxygen atoms in total. The Kier molecular flexibility index (Phi) is 4.44. The van der Waals surface area contributed by atoms with Crippen molar-refractivity contribution < 1.29 is 18.0 Å². The second-order valence-electron chi connectivity index (χ2n) is 5.02. The van der Waals surface area contributed by atoms with Gasteiger partial charge in [-0.25, -0.2) is 0 Å². The number of H-pyrrole nitrogens is 1. The van der Waals surface area contributed by atoms with Crippen LogP contribution in [0, 0.1) is 0 Å². The Morgan fingerprint density at radius 3 is 2.52 bits per heavy atom. The van der Waals surface area contributed by atoms with E-state index in [2.05, 4.69) is 10.3 Å². The van der Waals surface area contributed by atoms with Gasteiger partial charge in [-0.1, -0.05) is 0 Å². The van der Waals surface area contributed by atoms with Gasteiger partial charge >= 0.3 is 6.18 Å². The third-order valence-electron chi connectivity index (χ3n) is 3.20. The van der Waals surface area contributed by atoms with Crippen molar-refractivity contribution in [3.05, 3.63) is 63.6 Å². The van der Waals surface area contributed by atoms with Crippen LogP contribution in [0.5, 0.6) is 0 Å². The van der Waals surface area contributed by atoms with Gasteiger partial charge in [0, 0.05) is 18.0 Å². The van der Waals surface area contributed by atoms with E-state index in [1.165, 1.54) is 24.4 Å². The molecule has 1 atom stereocenters. The topological polar surface area (TPSA) is 88.0 Å². The molecule has 0 aliphatic rings. The second-order valence-corrected chi connectivity index (χ2v) is 5.02. The molecule has 0 saturated carbocycles. The number of carbonyl (C=O) groups is 1. The maximum atomic E-state index is 12.8. The van der Waals surface area contributed by atoms with Crippen LogP contribution in [-0.4, -0.2) is 10.9 Å². The minimum absolute atomic E-state index is 0.0417. The highest BCUT2D eigenvalue weighted by atomic mass is 19.4. The standard InChI is InChI=1S/C15H14F3N3O2/c1-8(21-14(23)9-2-3-13(22)20-7-9)10-4-11(15(16,17)18)6-12(19)5-10/h2-8H,19H2,1H3,(H,20,22)(H,21,23). The number of rotatable bonds is 3. The molecular weight excluding hydrogens is 311 g/mol. The fourth-order valence-electron chi connectivity index (χ4n) is 2.01. The zero-order chi connectivity index (χ0) is 17.2. The Bertz CT molecular complexity index is 764. The summed E-state index contributed by atoms with van der Waals surface area (Å²) in [6.07, 6.45) is -3.29. The summed E-state index contributed by atoms with van der Waals surface area (Å²) in [5, 5.41) is 2.55. The lowest BCUT2D eigenvalue weighted by molar-refractivity contribution is -0.137. The van der Waals surface area contributed by atoms with Crippen LogP contribution in [0.3, 0.4) is 0 Å². The largest absolute Gasteiger partial charge is 0.416 e. The summed E-state index contributed by atoms with van der Waals surface area (Å²) in [5.74, 6) is -0.523. The molecule has 2 aromatic rings. The monoisotopic (exact) mass is 325 g/mol. The number of pyridine rings is 1. The molecule has 23 heavy (non-hydrogen) atoms. The van der Waals surface area contributed by atoms with Crippen LogP contribution in [0.4, 0.5) is 18.9 Å². The van der Waals surface area contributed by atoms with Gasteiger partial charge in [0.25, 0.3) is 5.91 Å². The van der Waals surface area contributed by atoms with E-state index < -0.39 is 23.7 Å². The number of halogens is 3. The molecule has 1 aromatic heterocycles. The third-order valence-corrected chi connectivity index (χ3v) is 3.20. The van der Waals surface area contributed by atoms with Crippen molar-refractivity contribution in [2.45, 2.75) is 19.1 Å². The van der Waals surface area contributed by atoms with Gasteiger partial charge in [-0.3, -0.25) is 9.59 Å². The number of benzene rings is 1. The molecule has 0 radical (unpaired) electrons. The lowest BCUT2D eigenvalue weighted by atomic mass is 10.0. The Balaban J connectivity index is 2.22. The number of anilines is 1. The van der Waals surface area contributed by atoms with Gasteiger partial charge in [0.15, 0.2) is 0 Å². The summed E-state index contributed by atoms with van der Waals surface area (Å²) in [4.78, 5) is 25.3. The van der Waals surface area contributed by atoms with Crippen molar-refractivity contribution in [3.63, 3.8) is 0 Å². The Morgan fingerprint density at radius 2 is 1.96 bits per heavy atom. The van der Waals surface area contributed by atoms with Crippen LogP contribution in [0.25, 0.3) is 0 Å². The zero-order valence-electron chi connectivity index (χ0n) is 12.1. The fourth-order valence-corrected chi connectivity index (χ4v) is 2.01. The molecule has 0 fully saturated rings. The highest BCUT2D eigenvalue weighted by Gasteiger charge is 2.31. The number of nitrogen functional groups attached to an aromatic ring is 1. The van der Waals surface area contributed by atoms with E-state index in [9.17, 15) is 22.8 Å². The number of carbonyl (C=O) groups excluding carboxylic acids is 1. The fraction of sp³-hybridized carbons (Fsp3) is 0.200. The molecule has 0 bridgehead atoms. The van der Waals surface area contributed by atoms with Crippen molar-refractivity contribution in [2.24, 2.45) is 0 Å². The highest BCUT2D eigenvalue weighted by molar-refractivity contribution is 5.94. The molecule has 0 saturated heterocycles. The van der Waals surface area contributed by atoms with E-state index in [1.807, 2.05) is 0 Å². The SMILES string of the molecule is CC(NC(=O)c1ccc(=O)[nH]c1)c1cc(N)cc(C(F)(F)F)c1. The molecule has 8 heteroatoms. The van der Waals surface area contributed by atoms with Crippen LogP contribution >= 0.6 is 0 Å². The molecule has 1 unspecified atom stereocenters. The van der Waals surface area contributed by atoms with Crippen molar-refractivity contribution in [1.29, 1.82) is 0 Å². The van der Waals surface area contributed by atoms with Gasteiger partial charge < -0.3 is 16.0 Å². The summed E-state index contributed by atoms with van der Waals surface area (Å²) in [6.45, 7) is 1.54. The number of nitrogens with two attached hydrogens (primary N) is 1. The Labute approximate surface area is 129 Å². The highest BCUT2D eigenvalue weighted by Crippen LogP contribution is 2.32. The van der Waals surface area contributed by atoms with Crippen molar-refractivity contribution in [2.75, 3.05) is 5.73 Å². The van der Waals surface area contributed by atoms with E-state index >= 15 is 0 Å². The molecular formula is C15H14F3N3O2. The number of aromatic amines is 1. The quantitative estimate of drug-likeness (QED) is 0.758. The predicted molar refractivity (Wildman–Crippen MR) is 78.8 cm³/mol. The first-order valence-electron chi connectivity index (χ1n) is 6.64. The minimum Gasteiger partial charge on any atom is -0.399 e. The number of nitrogens with one attached hydrogen (secondary N) is 2. The van der Waals surface area contributed by atoms with Gasteiger partial charge in [-0.05, 0) is 36.8 Å². The first-order chi connectivity index (χ1) is 10.7. The van der Waals surface area contributed by atoms with E-state index in [1.54, 1.807) is 6.92 Å². The number of amides is 1. The van der Waals surface area contributed by atoms with Gasteiger partial charge in [0.05, 0.1) is 17.2 Å². The summed E-state index contributed by atoms with van der Waals surface area (Å²) < 4.78 is 38.4. The van der Waals surface area contributed by atoms with Gasteiger partial charge in [-0.2, -0.15) is 13.2 Å². The van der Waals surface area contributed by atoms with Gasteiger partial charge in [-0.15, -0.1) is 0 Å². The molecule has 4 N–H and O–H groups in total. The summed E-state index contributed by atoms with van der Waals surface area (Å²) >= 11 is 0. The third kappa shape index (κ3) is 4.12. The molecule has 1 aromatic carbocycles. The maximum Gasteiger partial charge on any atom is 0.416 e. The molecule has 1 amide bonds. The van der Waals surface area contributed by atoms with Crippen LogP contribution in [-0.2, 0) is 6.18 Å². The van der Waals surface area contributed by atoms with Crippen LogP contribution in [0.2, 0.25) is 0 Å². The van der Waals surface area contributed by atoms with Crippen LogP contribution in [0.1, 0.15) is 34.5 Å². The smallest absolute Gasteiger partial charge is 0.399 e. The molecule has 122 valence electrons.